The molecule has 1 fully saturated rings. The molecule has 0 spiro atoms. The molecule has 0 unspecified atom stereocenters. The minimum absolute atomic E-state index is 0.0731. The van der Waals surface area contributed by atoms with E-state index in [-0.39, 0.29) is 5.78 Å². The summed E-state index contributed by atoms with van der Waals surface area (Å²) in [5.74, 6) is 0.777. The number of nitrogens with zero attached hydrogens (tertiary/aromatic N) is 1. The molecule has 0 saturated heterocycles. The number of hydrogen-bond donors (Lipinski definition) is 0. The van der Waals surface area contributed by atoms with E-state index in [1.807, 2.05) is 31.1 Å². The van der Waals surface area contributed by atoms with Crippen LogP contribution < -0.4 is 0 Å². The lowest BCUT2D eigenvalue weighted by molar-refractivity contribution is 0.104. The highest BCUT2D eigenvalue weighted by Crippen LogP contribution is 2.32. The number of hydrogen-bond acceptors (Lipinski definition) is 2. The molecule has 2 heteroatoms. The van der Waals surface area contributed by atoms with E-state index in [0.29, 0.717) is 5.92 Å². The Labute approximate surface area is 116 Å². The van der Waals surface area contributed by atoms with Crippen molar-refractivity contribution in [1.29, 1.82) is 0 Å². The normalized spacial score (nSPS) is 16.7. The molecule has 1 aromatic rings. The van der Waals surface area contributed by atoms with Crippen LogP contribution in [0.25, 0.3) is 0 Å². The first kappa shape index (κ1) is 13.9. The van der Waals surface area contributed by atoms with Crippen LogP contribution in [0, 0.1) is 0 Å². The molecule has 1 aromatic carbocycles. The molecule has 0 atom stereocenters. The summed E-state index contributed by atoms with van der Waals surface area (Å²) in [5.41, 5.74) is 2.17. The van der Waals surface area contributed by atoms with E-state index in [2.05, 4.69) is 12.1 Å². The molecule has 102 valence electrons. The van der Waals surface area contributed by atoms with Crippen LogP contribution in [0.2, 0.25) is 0 Å². The predicted molar refractivity (Wildman–Crippen MR) is 79.4 cm³/mol. The molecule has 1 aliphatic rings. The van der Waals surface area contributed by atoms with Crippen LogP contribution in [0.5, 0.6) is 0 Å². The molecule has 1 saturated carbocycles. The van der Waals surface area contributed by atoms with Crippen molar-refractivity contribution in [2.45, 2.75) is 38.0 Å². The van der Waals surface area contributed by atoms with Crippen LogP contribution in [0.3, 0.4) is 0 Å². The van der Waals surface area contributed by atoms with Crippen LogP contribution in [0.4, 0.5) is 0 Å². The van der Waals surface area contributed by atoms with Crippen molar-refractivity contribution in [3.8, 4) is 0 Å². The fourth-order valence-corrected chi connectivity index (χ4v) is 2.67. The smallest absolute Gasteiger partial charge is 0.187 e. The van der Waals surface area contributed by atoms with Gasteiger partial charge in [-0.3, -0.25) is 4.79 Å². The molecular formula is C17H23NO. The van der Waals surface area contributed by atoms with Crippen LogP contribution in [0.15, 0.2) is 36.5 Å². The molecule has 0 aromatic heterocycles. The Hall–Kier alpha value is -1.57. The molecule has 0 aliphatic heterocycles. The third kappa shape index (κ3) is 3.95. The van der Waals surface area contributed by atoms with Crippen LogP contribution in [-0.2, 0) is 0 Å². The lowest BCUT2D eigenvalue weighted by atomic mass is 9.84. The molecule has 19 heavy (non-hydrogen) atoms. The summed E-state index contributed by atoms with van der Waals surface area (Å²) in [6.45, 7) is 0. The Morgan fingerprint density at radius 3 is 2.32 bits per heavy atom. The van der Waals surface area contributed by atoms with Gasteiger partial charge in [0, 0.05) is 31.9 Å². The maximum absolute atomic E-state index is 11.9. The third-order valence-corrected chi connectivity index (χ3v) is 3.80. The SMILES string of the molecule is CN(C)/C=C/C(=O)c1ccc(C2CCCCC2)cc1. The lowest BCUT2D eigenvalue weighted by Gasteiger charge is -2.21. The van der Waals surface area contributed by atoms with Crippen molar-refractivity contribution in [3.05, 3.63) is 47.7 Å². The van der Waals surface area contributed by atoms with Gasteiger partial charge < -0.3 is 4.90 Å². The quantitative estimate of drug-likeness (QED) is 0.600. The number of rotatable bonds is 4. The van der Waals surface area contributed by atoms with Crippen molar-refractivity contribution in [2.24, 2.45) is 0 Å². The summed E-state index contributed by atoms with van der Waals surface area (Å²) in [7, 11) is 3.83. The minimum atomic E-state index is 0.0731. The van der Waals surface area contributed by atoms with Crippen molar-refractivity contribution >= 4 is 5.78 Å². The van der Waals surface area contributed by atoms with Gasteiger partial charge in [-0.15, -0.1) is 0 Å². The van der Waals surface area contributed by atoms with Crippen LogP contribution >= 0.6 is 0 Å². The molecule has 0 heterocycles. The summed E-state index contributed by atoms with van der Waals surface area (Å²) in [6.07, 6.45) is 10.1. The van der Waals surface area contributed by atoms with Gasteiger partial charge in [0.2, 0.25) is 0 Å². The van der Waals surface area contributed by atoms with Gasteiger partial charge in [-0.05, 0) is 24.3 Å². The van der Waals surface area contributed by atoms with Crippen molar-refractivity contribution in [3.63, 3.8) is 0 Å². The second-order valence-electron chi connectivity index (χ2n) is 5.60. The molecule has 1 aliphatic carbocycles. The predicted octanol–water partition coefficient (Wildman–Crippen LogP) is 3.99. The summed E-state index contributed by atoms with van der Waals surface area (Å²) < 4.78 is 0. The minimum Gasteiger partial charge on any atom is -0.383 e. The van der Waals surface area contributed by atoms with Crippen molar-refractivity contribution < 1.29 is 4.79 Å². The fourth-order valence-electron chi connectivity index (χ4n) is 2.67. The van der Waals surface area contributed by atoms with E-state index < -0.39 is 0 Å². The van der Waals surface area contributed by atoms with Gasteiger partial charge in [0.15, 0.2) is 5.78 Å². The molecular weight excluding hydrogens is 234 g/mol. The van der Waals surface area contributed by atoms with E-state index in [1.165, 1.54) is 37.7 Å². The Bertz CT molecular complexity index is 439. The van der Waals surface area contributed by atoms with Gasteiger partial charge in [-0.2, -0.15) is 0 Å². The van der Waals surface area contributed by atoms with E-state index in [4.69, 9.17) is 0 Å². The Morgan fingerprint density at radius 1 is 1.11 bits per heavy atom. The highest BCUT2D eigenvalue weighted by Gasteiger charge is 2.15. The number of carbonyl (C=O) groups excluding carboxylic acids is 1. The maximum Gasteiger partial charge on any atom is 0.187 e. The molecule has 2 nitrogen and oxygen atoms in total. The van der Waals surface area contributed by atoms with Gasteiger partial charge in [-0.25, -0.2) is 0 Å². The van der Waals surface area contributed by atoms with Crippen LogP contribution in [-0.4, -0.2) is 24.8 Å². The number of benzene rings is 1. The van der Waals surface area contributed by atoms with E-state index in [0.717, 1.165) is 5.56 Å². The second-order valence-corrected chi connectivity index (χ2v) is 5.60. The first-order valence-corrected chi connectivity index (χ1v) is 7.16. The summed E-state index contributed by atoms with van der Waals surface area (Å²) in [4.78, 5) is 13.8. The maximum atomic E-state index is 11.9. The van der Waals surface area contributed by atoms with Gasteiger partial charge in [-0.1, -0.05) is 43.5 Å². The topological polar surface area (TPSA) is 20.3 Å². The summed E-state index contributed by atoms with van der Waals surface area (Å²) in [5, 5.41) is 0. The number of allylic oxidation sites excluding steroid dienone is 1. The first-order valence-electron chi connectivity index (χ1n) is 7.16. The number of ketones is 1. The Kier molecular flexibility index (Phi) is 4.78. The highest BCUT2D eigenvalue weighted by molar-refractivity contribution is 6.04. The average molecular weight is 257 g/mol. The molecule has 0 radical (unpaired) electrons. The highest BCUT2D eigenvalue weighted by atomic mass is 16.1. The second kappa shape index (κ2) is 6.55. The number of carbonyl (C=O) groups is 1. The van der Waals surface area contributed by atoms with Gasteiger partial charge in [0.05, 0.1) is 0 Å². The van der Waals surface area contributed by atoms with Crippen LogP contribution in [0.1, 0.15) is 53.9 Å². The first-order chi connectivity index (χ1) is 9.16. The zero-order valence-corrected chi connectivity index (χ0v) is 11.9. The Balaban J connectivity index is 2.03. The fraction of sp³-hybridized carbons (Fsp3) is 0.471. The zero-order valence-electron chi connectivity index (χ0n) is 11.9. The van der Waals surface area contributed by atoms with E-state index in [1.54, 1.807) is 12.3 Å². The van der Waals surface area contributed by atoms with Crippen molar-refractivity contribution in [2.75, 3.05) is 14.1 Å². The monoisotopic (exact) mass is 257 g/mol. The largest absolute Gasteiger partial charge is 0.383 e. The molecule has 2 rings (SSSR count). The van der Waals surface area contributed by atoms with Gasteiger partial charge in [0.25, 0.3) is 0 Å². The standard InChI is InChI=1S/C17H23NO/c1-18(2)13-12-17(19)16-10-8-15(9-11-16)14-6-4-3-5-7-14/h8-14H,3-7H2,1-2H3/b13-12+. The summed E-state index contributed by atoms with van der Waals surface area (Å²) >= 11 is 0. The lowest BCUT2D eigenvalue weighted by Crippen LogP contribution is -2.05. The molecule has 0 amide bonds. The van der Waals surface area contributed by atoms with Gasteiger partial charge in [0.1, 0.15) is 0 Å². The molecule has 0 N–H and O–H groups in total. The average Bonchev–Trinajstić information content (AvgIpc) is 2.46. The summed E-state index contributed by atoms with van der Waals surface area (Å²) in [6, 6.07) is 8.19. The Morgan fingerprint density at radius 2 is 1.74 bits per heavy atom. The van der Waals surface area contributed by atoms with Crippen molar-refractivity contribution in [1.82, 2.24) is 4.90 Å². The zero-order chi connectivity index (χ0) is 13.7. The van der Waals surface area contributed by atoms with E-state index >= 15 is 0 Å². The van der Waals surface area contributed by atoms with E-state index in [9.17, 15) is 4.79 Å². The molecule has 0 bridgehead atoms. The third-order valence-electron chi connectivity index (χ3n) is 3.80. The van der Waals surface area contributed by atoms with Gasteiger partial charge >= 0.3 is 0 Å².